The summed E-state index contributed by atoms with van der Waals surface area (Å²) in [4.78, 5) is 22.0. The normalized spacial score (nSPS) is 18.0. The molecule has 0 radical (unpaired) electrons. The van der Waals surface area contributed by atoms with Crippen LogP contribution in [0.3, 0.4) is 0 Å². The summed E-state index contributed by atoms with van der Waals surface area (Å²) in [6.07, 6.45) is 6.68. The second kappa shape index (κ2) is 5.47. The molecule has 1 aliphatic rings. The van der Waals surface area contributed by atoms with Gasteiger partial charge in [0.1, 0.15) is 6.33 Å². The van der Waals surface area contributed by atoms with Crippen molar-refractivity contribution in [3.63, 3.8) is 0 Å². The quantitative estimate of drug-likeness (QED) is 0.770. The molecule has 1 aliphatic heterocycles. The number of hydrogen-bond acceptors (Lipinski definition) is 7. The molecule has 2 aromatic rings. The van der Waals surface area contributed by atoms with Gasteiger partial charge in [0, 0.05) is 26.0 Å². The van der Waals surface area contributed by atoms with E-state index in [0.717, 1.165) is 25.2 Å². The standard InChI is InChI=1S/C13H16N6O2/c1-18-8-16-17-11(18)10-4-3-5-19(10)13-14-6-9(7-15-13)12(20)21-2/h6-8,10H,3-5H2,1-2H3. The van der Waals surface area contributed by atoms with Crippen molar-refractivity contribution in [2.45, 2.75) is 18.9 Å². The Bertz CT molecular complexity index is 638. The summed E-state index contributed by atoms with van der Waals surface area (Å²) in [5, 5.41) is 8.10. The number of carbonyl (C=O) groups excluding carboxylic acids is 1. The Morgan fingerprint density at radius 2 is 2.14 bits per heavy atom. The topological polar surface area (TPSA) is 86.0 Å². The van der Waals surface area contributed by atoms with Crippen LogP contribution in [0.1, 0.15) is 35.1 Å². The van der Waals surface area contributed by atoms with Crippen LogP contribution < -0.4 is 4.90 Å². The molecule has 0 aliphatic carbocycles. The number of esters is 1. The fraction of sp³-hybridized carbons (Fsp3) is 0.462. The van der Waals surface area contributed by atoms with Crippen LogP contribution in [-0.4, -0.2) is 44.4 Å². The zero-order valence-corrected chi connectivity index (χ0v) is 11.9. The van der Waals surface area contributed by atoms with Gasteiger partial charge >= 0.3 is 5.97 Å². The minimum atomic E-state index is -0.437. The second-order valence-corrected chi connectivity index (χ2v) is 4.91. The van der Waals surface area contributed by atoms with E-state index < -0.39 is 5.97 Å². The molecule has 8 nitrogen and oxygen atoms in total. The first-order valence-electron chi connectivity index (χ1n) is 6.71. The predicted octanol–water partition coefficient (Wildman–Crippen LogP) is 0.733. The second-order valence-electron chi connectivity index (χ2n) is 4.91. The average Bonchev–Trinajstić information content (AvgIpc) is 3.14. The van der Waals surface area contributed by atoms with Gasteiger partial charge in [0.05, 0.1) is 18.7 Å². The maximum atomic E-state index is 11.4. The summed E-state index contributed by atoms with van der Waals surface area (Å²) in [6.45, 7) is 0.856. The molecule has 3 rings (SSSR count). The van der Waals surface area contributed by atoms with Crippen LogP contribution in [0.15, 0.2) is 18.7 Å². The van der Waals surface area contributed by atoms with Gasteiger partial charge in [0.25, 0.3) is 0 Å². The Morgan fingerprint density at radius 3 is 2.76 bits per heavy atom. The van der Waals surface area contributed by atoms with Gasteiger partial charge in [-0.3, -0.25) is 0 Å². The molecule has 8 heteroatoms. The number of hydrogen-bond donors (Lipinski definition) is 0. The van der Waals surface area contributed by atoms with Crippen LogP contribution in [0.25, 0.3) is 0 Å². The first-order valence-corrected chi connectivity index (χ1v) is 6.71. The number of nitrogens with zero attached hydrogens (tertiary/aromatic N) is 6. The highest BCUT2D eigenvalue weighted by Crippen LogP contribution is 2.32. The molecular formula is C13H16N6O2. The van der Waals surface area contributed by atoms with Crippen molar-refractivity contribution in [3.8, 4) is 0 Å². The van der Waals surface area contributed by atoms with Crippen LogP contribution in [0, 0.1) is 0 Å². The SMILES string of the molecule is COC(=O)c1cnc(N2CCCC2c2nncn2C)nc1. The molecule has 0 spiro atoms. The summed E-state index contributed by atoms with van der Waals surface area (Å²) in [5.41, 5.74) is 0.343. The third-order valence-corrected chi connectivity index (χ3v) is 3.61. The molecule has 0 aromatic carbocycles. The summed E-state index contributed by atoms with van der Waals surface area (Å²) in [7, 11) is 3.26. The van der Waals surface area contributed by atoms with Gasteiger partial charge in [-0.25, -0.2) is 14.8 Å². The molecule has 1 saturated heterocycles. The smallest absolute Gasteiger partial charge is 0.341 e. The monoisotopic (exact) mass is 288 g/mol. The van der Waals surface area contributed by atoms with Crippen molar-refractivity contribution in [1.82, 2.24) is 24.7 Å². The minimum absolute atomic E-state index is 0.112. The Morgan fingerprint density at radius 1 is 1.38 bits per heavy atom. The molecule has 0 N–H and O–H groups in total. The fourth-order valence-electron chi connectivity index (χ4n) is 2.56. The van der Waals surface area contributed by atoms with Crippen molar-refractivity contribution in [2.75, 3.05) is 18.6 Å². The zero-order valence-electron chi connectivity index (χ0n) is 11.9. The van der Waals surface area contributed by atoms with Gasteiger partial charge in [0.2, 0.25) is 5.95 Å². The van der Waals surface area contributed by atoms with E-state index in [1.807, 2.05) is 11.6 Å². The Hall–Kier alpha value is -2.51. The summed E-state index contributed by atoms with van der Waals surface area (Å²) >= 11 is 0. The Kier molecular flexibility index (Phi) is 3.51. The molecule has 1 fully saturated rings. The van der Waals surface area contributed by atoms with E-state index in [4.69, 9.17) is 0 Å². The van der Waals surface area contributed by atoms with Gasteiger partial charge in [-0.1, -0.05) is 0 Å². The van der Waals surface area contributed by atoms with Crippen LogP contribution in [0.2, 0.25) is 0 Å². The maximum absolute atomic E-state index is 11.4. The molecular weight excluding hydrogens is 272 g/mol. The van der Waals surface area contributed by atoms with Gasteiger partial charge in [-0.15, -0.1) is 10.2 Å². The van der Waals surface area contributed by atoms with Crippen LogP contribution in [0.4, 0.5) is 5.95 Å². The van der Waals surface area contributed by atoms with E-state index in [-0.39, 0.29) is 6.04 Å². The van der Waals surface area contributed by atoms with Crippen LogP contribution >= 0.6 is 0 Å². The first-order chi connectivity index (χ1) is 10.2. The number of aryl methyl sites for hydroxylation is 1. The lowest BCUT2D eigenvalue weighted by atomic mass is 10.2. The molecule has 21 heavy (non-hydrogen) atoms. The summed E-state index contributed by atoms with van der Waals surface area (Å²) < 4.78 is 6.55. The highest BCUT2D eigenvalue weighted by Gasteiger charge is 2.31. The van der Waals surface area contributed by atoms with Crippen molar-refractivity contribution >= 4 is 11.9 Å². The molecule has 0 amide bonds. The van der Waals surface area contributed by atoms with Crippen molar-refractivity contribution < 1.29 is 9.53 Å². The van der Waals surface area contributed by atoms with E-state index >= 15 is 0 Å². The number of carbonyl (C=O) groups is 1. The largest absolute Gasteiger partial charge is 0.465 e. The Balaban J connectivity index is 1.85. The van der Waals surface area contributed by atoms with E-state index in [2.05, 4.69) is 29.8 Å². The predicted molar refractivity (Wildman–Crippen MR) is 73.7 cm³/mol. The lowest BCUT2D eigenvalue weighted by Gasteiger charge is -2.23. The molecule has 0 bridgehead atoms. The molecule has 110 valence electrons. The van der Waals surface area contributed by atoms with E-state index in [9.17, 15) is 4.79 Å². The Labute approximate surface area is 121 Å². The van der Waals surface area contributed by atoms with Gasteiger partial charge in [0.15, 0.2) is 5.82 Å². The zero-order chi connectivity index (χ0) is 14.8. The average molecular weight is 288 g/mol. The minimum Gasteiger partial charge on any atom is -0.465 e. The van der Waals surface area contributed by atoms with E-state index in [0.29, 0.717) is 11.5 Å². The molecule has 1 unspecified atom stereocenters. The summed E-state index contributed by atoms with van der Waals surface area (Å²) in [6, 6.07) is 0.112. The highest BCUT2D eigenvalue weighted by molar-refractivity contribution is 5.88. The van der Waals surface area contributed by atoms with E-state index in [1.54, 1.807) is 6.33 Å². The highest BCUT2D eigenvalue weighted by atomic mass is 16.5. The maximum Gasteiger partial charge on any atom is 0.341 e. The van der Waals surface area contributed by atoms with E-state index in [1.165, 1.54) is 19.5 Å². The van der Waals surface area contributed by atoms with Crippen LogP contribution in [0.5, 0.6) is 0 Å². The molecule has 3 heterocycles. The lowest BCUT2D eigenvalue weighted by Crippen LogP contribution is -2.26. The number of anilines is 1. The number of ether oxygens (including phenoxy) is 1. The van der Waals surface area contributed by atoms with Crippen LogP contribution in [-0.2, 0) is 11.8 Å². The number of aromatic nitrogens is 5. The molecule has 0 saturated carbocycles. The summed E-state index contributed by atoms with van der Waals surface area (Å²) in [5.74, 6) is 1.05. The van der Waals surface area contributed by atoms with Crippen molar-refractivity contribution in [2.24, 2.45) is 7.05 Å². The third-order valence-electron chi connectivity index (χ3n) is 3.61. The first kappa shape index (κ1) is 13.5. The fourth-order valence-corrected chi connectivity index (χ4v) is 2.56. The molecule has 1 atom stereocenters. The van der Waals surface area contributed by atoms with Gasteiger partial charge in [-0.05, 0) is 12.8 Å². The number of rotatable bonds is 3. The van der Waals surface area contributed by atoms with Gasteiger partial charge < -0.3 is 14.2 Å². The molecule has 2 aromatic heterocycles. The van der Waals surface area contributed by atoms with Crippen molar-refractivity contribution in [3.05, 3.63) is 30.1 Å². The van der Waals surface area contributed by atoms with Crippen molar-refractivity contribution in [1.29, 1.82) is 0 Å². The van der Waals surface area contributed by atoms with Gasteiger partial charge in [-0.2, -0.15) is 0 Å². The third kappa shape index (κ3) is 2.44. The number of methoxy groups -OCH3 is 1. The lowest BCUT2D eigenvalue weighted by molar-refractivity contribution is 0.0600.